The largest absolute Gasteiger partial charge is 0.355 e. The number of hydrogen-bond acceptors (Lipinski definition) is 5. The molecule has 1 aliphatic heterocycles. The lowest BCUT2D eigenvalue weighted by molar-refractivity contribution is 0.516. The summed E-state index contributed by atoms with van der Waals surface area (Å²) in [5.41, 5.74) is 5.10. The number of rotatable bonds is 4. The highest BCUT2D eigenvalue weighted by molar-refractivity contribution is 5.91. The molecule has 2 aliphatic rings. The van der Waals surface area contributed by atoms with Crippen molar-refractivity contribution in [3.8, 4) is 11.3 Å². The molecule has 0 spiro atoms. The molecule has 0 amide bonds. The molecule has 1 aliphatic carbocycles. The lowest BCUT2D eigenvalue weighted by atomic mass is 9.88. The third-order valence-corrected chi connectivity index (χ3v) is 8.56. The second kappa shape index (κ2) is 7.49. The molecular formula is C27H26FN7O. The number of benzene rings is 2. The summed E-state index contributed by atoms with van der Waals surface area (Å²) in [5.74, 6) is 1.61. The molecule has 1 saturated heterocycles. The van der Waals surface area contributed by atoms with Crippen molar-refractivity contribution in [1.29, 1.82) is 0 Å². The van der Waals surface area contributed by atoms with Crippen LogP contribution in [0.1, 0.15) is 25.3 Å². The SMILES string of the molecule is CC[C@]1(c2ccccc2F)[C@@H]2CCN(c3cnc4c(-c5ccc6c(c5)[nH]c(=O)n6C)[nH]nc4n3)C[C@@H]21. The van der Waals surface area contributed by atoms with E-state index in [0.717, 1.165) is 59.6 Å². The topological polar surface area (TPSA) is 95.5 Å². The van der Waals surface area contributed by atoms with E-state index in [1.807, 2.05) is 36.5 Å². The number of aromatic amines is 2. The van der Waals surface area contributed by atoms with E-state index in [0.29, 0.717) is 23.0 Å². The van der Waals surface area contributed by atoms with Gasteiger partial charge in [-0.15, -0.1) is 0 Å². The first-order chi connectivity index (χ1) is 17.5. The van der Waals surface area contributed by atoms with Crippen LogP contribution in [0.3, 0.4) is 0 Å². The molecule has 182 valence electrons. The molecule has 2 fully saturated rings. The highest BCUT2D eigenvalue weighted by Gasteiger charge is 2.65. The van der Waals surface area contributed by atoms with Crippen LogP contribution in [0.2, 0.25) is 0 Å². The van der Waals surface area contributed by atoms with Crippen molar-refractivity contribution >= 4 is 28.0 Å². The second-order valence-electron chi connectivity index (χ2n) is 10.0. The first kappa shape index (κ1) is 21.3. The van der Waals surface area contributed by atoms with Gasteiger partial charge in [-0.2, -0.15) is 5.10 Å². The summed E-state index contributed by atoms with van der Waals surface area (Å²) in [7, 11) is 1.74. The Labute approximate surface area is 206 Å². The fourth-order valence-electron chi connectivity index (χ4n) is 6.67. The first-order valence-corrected chi connectivity index (χ1v) is 12.4. The van der Waals surface area contributed by atoms with Gasteiger partial charge in [-0.25, -0.2) is 19.2 Å². The molecule has 0 bridgehead atoms. The first-order valence-electron chi connectivity index (χ1n) is 12.4. The van der Waals surface area contributed by atoms with Gasteiger partial charge in [0, 0.05) is 31.1 Å². The van der Waals surface area contributed by atoms with Crippen LogP contribution in [0.25, 0.3) is 33.5 Å². The average Bonchev–Trinajstić information content (AvgIpc) is 3.18. The molecule has 2 N–H and O–H groups in total. The highest BCUT2D eigenvalue weighted by atomic mass is 19.1. The fraction of sp³-hybridized carbons (Fsp3) is 0.333. The number of piperidine rings is 1. The zero-order valence-corrected chi connectivity index (χ0v) is 20.1. The van der Waals surface area contributed by atoms with Crippen LogP contribution in [-0.2, 0) is 12.5 Å². The molecule has 7 rings (SSSR count). The molecule has 36 heavy (non-hydrogen) atoms. The molecule has 4 heterocycles. The predicted octanol–water partition coefficient (Wildman–Crippen LogP) is 4.14. The maximum Gasteiger partial charge on any atom is 0.326 e. The highest BCUT2D eigenvalue weighted by Crippen LogP contribution is 2.65. The van der Waals surface area contributed by atoms with Crippen LogP contribution in [0, 0.1) is 17.7 Å². The Balaban J connectivity index is 1.19. The molecule has 3 aromatic heterocycles. The maximum atomic E-state index is 14.7. The number of aryl methyl sites for hydroxylation is 1. The van der Waals surface area contributed by atoms with Crippen LogP contribution in [0.4, 0.5) is 10.2 Å². The van der Waals surface area contributed by atoms with E-state index >= 15 is 0 Å². The molecule has 1 saturated carbocycles. The van der Waals surface area contributed by atoms with Crippen LogP contribution in [0.15, 0.2) is 53.5 Å². The van der Waals surface area contributed by atoms with Crippen LogP contribution < -0.4 is 10.6 Å². The maximum absolute atomic E-state index is 14.7. The average molecular weight is 484 g/mol. The number of nitrogens with one attached hydrogen (secondary N) is 2. The van der Waals surface area contributed by atoms with Crippen molar-refractivity contribution < 1.29 is 4.39 Å². The molecule has 0 unspecified atom stereocenters. The summed E-state index contributed by atoms with van der Waals surface area (Å²) in [5, 5.41) is 7.51. The van der Waals surface area contributed by atoms with Gasteiger partial charge in [0.1, 0.15) is 17.2 Å². The Kier molecular flexibility index (Phi) is 4.43. The van der Waals surface area contributed by atoms with Gasteiger partial charge < -0.3 is 9.88 Å². The van der Waals surface area contributed by atoms with E-state index in [1.54, 1.807) is 23.7 Å². The lowest BCUT2D eigenvalue weighted by Crippen LogP contribution is -2.32. The minimum absolute atomic E-state index is 0.0891. The van der Waals surface area contributed by atoms with E-state index < -0.39 is 0 Å². The van der Waals surface area contributed by atoms with Gasteiger partial charge in [0.05, 0.1) is 22.9 Å². The molecule has 0 radical (unpaired) electrons. The molecule has 2 aromatic carbocycles. The molecule has 5 aromatic rings. The quantitative estimate of drug-likeness (QED) is 0.401. The number of imidazole rings is 1. The van der Waals surface area contributed by atoms with E-state index in [-0.39, 0.29) is 16.9 Å². The van der Waals surface area contributed by atoms with Gasteiger partial charge in [-0.1, -0.05) is 31.2 Å². The van der Waals surface area contributed by atoms with E-state index in [1.165, 1.54) is 0 Å². The predicted molar refractivity (Wildman–Crippen MR) is 136 cm³/mol. The smallest absolute Gasteiger partial charge is 0.326 e. The van der Waals surface area contributed by atoms with Crippen molar-refractivity contribution in [3.63, 3.8) is 0 Å². The molecule has 8 nitrogen and oxygen atoms in total. The van der Waals surface area contributed by atoms with Crippen molar-refractivity contribution in [2.75, 3.05) is 18.0 Å². The summed E-state index contributed by atoms with van der Waals surface area (Å²) in [6.07, 6.45) is 3.75. The van der Waals surface area contributed by atoms with Crippen LogP contribution >= 0.6 is 0 Å². The monoisotopic (exact) mass is 483 g/mol. The molecule has 9 heteroatoms. The second-order valence-corrected chi connectivity index (χ2v) is 10.0. The Morgan fingerprint density at radius 2 is 2.06 bits per heavy atom. The van der Waals surface area contributed by atoms with Crippen LogP contribution in [0.5, 0.6) is 0 Å². The number of aromatic nitrogens is 6. The van der Waals surface area contributed by atoms with E-state index in [4.69, 9.17) is 9.97 Å². The Morgan fingerprint density at radius 1 is 1.19 bits per heavy atom. The summed E-state index contributed by atoms with van der Waals surface area (Å²) in [4.78, 5) is 26.7. The number of hydrogen-bond donors (Lipinski definition) is 2. The molecular weight excluding hydrogens is 457 g/mol. The molecule has 3 atom stereocenters. The number of H-pyrrole nitrogens is 2. The van der Waals surface area contributed by atoms with Gasteiger partial charge in [-0.3, -0.25) is 9.67 Å². The minimum atomic E-state index is -0.150. The van der Waals surface area contributed by atoms with E-state index in [2.05, 4.69) is 27.0 Å². The van der Waals surface area contributed by atoms with E-state index in [9.17, 15) is 9.18 Å². The van der Waals surface area contributed by atoms with Crippen molar-refractivity contribution in [1.82, 2.24) is 29.7 Å². The number of nitrogens with zero attached hydrogens (tertiary/aromatic N) is 5. The zero-order chi connectivity index (χ0) is 24.6. The van der Waals surface area contributed by atoms with Gasteiger partial charge in [-0.05, 0) is 48.4 Å². The normalized spacial score (nSPS) is 23.4. The van der Waals surface area contributed by atoms with Crippen molar-refractivity contribution in [2.45, 2.75) is 25.2 Å². The zero-order valence-electron chi connectivity index (χ0n) is 20.1. The number of fused-ring (bicyclic) bond motifs is 3. The van der Waals surface area contributed by atoms with Gasteiger partial charge in [0.15, 0.2) is 0 Å². The summed E-state index contributed by atoms with van der Waals surface area (Å²) in [6, 6.07) is 13.0. The Bertz CT molecular complexity index is 1700. The Hall–Kier alpha value is -4.01. The minimum Gasteiger partial charge on any atom is -0.355 e. The van der Waals surface area contributed by atoms with Gasteiger partial charge >= 0.3 is 5.69 Å². The standard InChI is InChI=1S/C27H26FN7O/c1-3-27(17-6-4-5-7-19(17)28)16-10-11-35(14-18(16)27)22-13-29-24-23(32-33-25(24)31-22)15-8-9-21-20(12-15)30-26(36)34(21)2/h4-9,12-13,16,18H,3,10-11,14H2,1-2H3,(H,30,36)(H,31,32,33)/t16-,18+,27-/m1/s1. The summed E-state index contributed by atoms with van der Waals surface area (Å²) < 4.78 is 16.3. The fourth-order valence-corrected chi connectivity index (χ4v) is 6.67. The van der Waals surface area contributed by atoms with Crippen molar-refractivity contribution in [2.24, 2.45) is 18.9 Å². The summed E-state index contributed by atoms with van der Waals surface area (Å²) >= 11 is 0. The number of anilines is 1. The van der Waals surface area contributed by atoms with Crippen molar-refractivity contribution in [3.05, 3.63) is 70.5 Å². The third kappa shape index (κ3) is 2.85. The Morgan fingerprint density at radius 3 is 2.89 bits per heavy atom. The number of halogens is 1. The van der Waals surface area contributed by atoms with Gasteiger partial charge in [0.25, 0.3) is 0 Å². The van der Waals surface area contributed by atoms with Crippen LogP contribution in [-0.4, -0.2) is 42.8 Å². The van der Waals surface area contributed by atoms with Gasteiger partial charge in [0.2, 0.25) is 5.65 Å². The lowest BCUT2D eigenvalue weighted by Gasteiger charge is -2.26. The summed E-state index contributed by atoms with van der Waals surface area (Å²) in [6.45, 7) is 3.88. The third-order valence-electron chi connectivity index (χ3n) is 8.56.